The minimum Gasteiger partial charge on any atom is -0.545 e. The van der Waals surface area contributed by atoms with Crippen LogP contribution in [0.5, 0.6) is 0 Å². The van der Waals surface area contributed by atoms with Crippen LogP contribution in [0.15, 0.2) is 15.7 Å². The number of thioether (sulfide) groups is 1. The van der Waals surface area contributed by atoms with E-state index in [9.17, 15) is 9.90 Å². The molecule has 54 valence electrons. The first-order valence-electron chi connectivity index (χ1n) is 2.57. The Balaban J connectivity index is 3.01. The lowest BCUT2D eigenvalue weighted by Crippen LogP contribution is -2.21. The molecule has 1 rings (SSSR count). The van der Waals surface area contributed by atoms with Crippen molar-refractivity contribution in [1.29, 1.82) is 0 Å². The number of carboxylic acid groups (broad SMARTS) is 1. The Hall–Kier alpha value is -0.480. The van der Waals surface area contributed by atoms with Gasteiger partial charge in [-0.3, -0.25) is 0 Å². The molecule has 0 bridgehead atoms. The molecule has 0 atom stereocenters. The molecule has 0 unspecified atom stereocenters. The van der Waals surface area contributed by atoms with E-state index in [1.807, 2.05) is 6.26 Å². The summed E-state index contributed by atoms with van der Waals surface area (Å²) in [6.45, 7) is 0. The van der Waals surface area contributed by atoms with Gasteiger partial charge in [-0.2, -0.15) is 11.3 Å². The summed E-state index contributed by atoms with van der Waals surface area (Å²) < 4.78 is 0. The Morgan fingerprint density at radius 3 is 2.80 bits per heavy atom. The van der Waals surface area contributed by atoms with Crippen LogP contribution >= 0.6 is 23.1 Å². The third-order valence-electron chi connectivity index (χ3n) is 1.07. The van der Waals surface area contributed by atoms with Gasteiger partial charge in [0, 0.05) is 21.2 Å². The van der Waals surface area contributed by atoms with E-state index in [1.54, 1.807) is 10.8 Å². The Labute approximate surface area is 66.9 Å². The SMILES string of the molecule is CSc1cscc1C(=O)[O-]. The molecule has 0 saturated carbocycles. The molecule has 0 aliphatic rings. The van der Waals surface area contributed by atoms with Gasteiger partial charge in [0.2, 0.25) is 0 Å². The molecule has 0 aliphatic carbocycles. The smallest absolute Gasteiger partial charge is 0.0734 e. The summed E-state index contributed by atoms with van der Waals surface area (Å²) in [6, 6.07) is 0. The summed E-state index contributed by atoms with van der Waals surface area (Å²) in [5.74, 6) is -1.09. The highest BCUT2D eigenvalue weighted by molar-refractivity contribution is 7.98. The topological polar surface area (TPSA) is 40.1 Å². The third kappa shape index (κ3) is 1.33. The van der Waals surface area contributed by atoms with Crippen LogP contribution in [0.4, 0.5) is 0 Å². The molecule has 0 radical (unpaired) electrons. The van der Waals surface area contributed by atoms with Gasteiger partial charge in [0.15, 0.2) is 0 Å². The van der Waals surface area contributed by atoms with Gasteiger partial charge in [-0.15, -0.1) is 11.8 Å². The fourth-order valence-electron chi connectivity index (χ4n) is 0.592. The standard InChI is InChI=1S/C6H6O2S2/c1-9-5-3-10-2-4(5)6(7)8/h2-3H,1H3,(H,7,8)/p-1. The van der Waals surface area contributed by atoms with Crippen molar-refractivity contribution in [3.05, 3.63) is 16.3 Å². The maximum Gasteiger partial charge on any atom is 0.0734 e. The van der Waals surface area contributed by atoms with Crippen molar-refractivity contribution in [2.45, 2.75) is 4.90 Å². The molecule has 0 fully saturated rings. The van der Waals surface area contributed by atoms with E-state index in [2.05, 4.69) is 0 Å². The first kappa shape index (κ1) is 7.63. The highest BCUT2D eigenvalue weighted by Gasteiger charge is 2.01. The summed E-state index contributed by atoms with van der Waals surface area (Å²) in [6.07, 6.45) is 1.84. The quantitative estimate of drug-likeness (QED) is 0.622. The molecule has 1 aromatic heterocycles. The number of rotatable bonds is 2. The lowest BCUT2D eigenvalue weighted by molar-refractivity contribution is -0.255. The summed E-state index contributed by atoms with van der Waals surface area (Å²) in [4.78, 5) is 11.1. The predicted octanol–water partition coefficient (Wildman–Crippen LogP) is 0.833. The van der Waals surface area contributed by atoms with Gasteiger partial charge in [-0.25, -0.2) is 0 Å². The van der Waals surface area contributed by atoms with E-state index < -0.39 is 5.97 Å². The van der Waals surface area contributed by atoms with Crippen LogP contribution in [-0.4, -0.2) is 12.2 Å². The van der Waals surface area contributed by atoms with E-state index in [0.29, 0.717) is 5.56 Å². The summed E-state index contributed by atoms with van der Waals surface area (Å²) >= 11 is 2.80. The second kappa shape index (κ2) is 3.07. The first-order valence-corrected chi connectivity index (χ1v) is 4.74. The van der Waals surface area contributed by atoms with Crippen LogP contribution in [0.25, 0.3) is 0 Å². The van der Waals surface area contributed by atoms with Crippen molar-refractivity contribution >= 4 is 29.1 Å². The molecule has 0 amide bonds. The Morgan fingerprint density at radius 1 is 1.70 bits per heavy atom. The number of hydrogen-bond acceptors (Lipinski definition) is 4. The highest BCUT2D eigenvalue weighted by Crippen LogP contribution is 2.23. The minimum absolute atomic E-state index is 0.303. The second-order valence-electron chi connectivity index (χ2n) is 1.64. The molecule has 2 nitrogen and oxygen atoms in total. The Kier molecular flexibility index (Phi) is 2.34. The monoisotopic (exact) mass is 173 g/mol. The zero-order valence-electron chi connectivity index (χ0n) is 5.29. The van der Waals surface area contributed by atoms with Crippen LogP contribution in [0.1, 0.15) is 10.4 Å². The molecule has 1 heterocycles. The van der Waals surface area contributed by atoms with Crippen molar-refractivity contribution in [3.63, 3.8) is 0 Å². The zero-order chi connectivity index (χ0) is 7.56. The maximum atomic E-state index is 10.3. The van der Waals surface area contributed by atoms with Gasteiger partial charge in [0.25, 0.3) is 0 Å². The fourth-order valence-corrected chi connectivity index (χ4v) is 2.26. The van der Waals surface area contributed by atoms with Crippen molar-refractivity contribution in [1.82, 2.24) is 0 Å². The molecule has 4 heteroatoms. The first-order chi connectivity index (χ1) is 4.75. The summed E-state index contributed by atoms with van der Waals surface area (Å²) in [5, 5.41) is 13.7. The van der Waals surface area contributed by atoms with E-state index >= 15 is 0 Å². The molecular formula is C6H5O2S2-. The van der Waals surface area contributed by atoms with Crippen LogP contribution < -0.4 is 5.11 Å². The number of carbonyl (C=O) groups excluding carboxylic acids is 1. The number of thiophene rings is 1. The largest absolute Gasteiger partial charge is 0.545 e. The van der Waals surface area contributed by atoms with E-state index in [1.165, 1.54) is 23.1 Å². The molecular weight excluding hydrogens is 168 g/mol. The van der Waals surface area contributed by atoms with Crippen LogP contribution in [0.3, 0.4) is 0 Å². The van der Waals surface area contributed by atoms with Gasteiger partial charge in [-0.1, -0.05) is 0 Å². The summed E-state index contributed by atoms with van der Waals surface area (Å²) in [7, 11) is 0. The van der Waals surface area contributed by atoms with Gasteiger partial charge in [-0.05, 0) is 6.26 Å². The van der Waals surface area contributed by atoms with E-state index in [0.717, 1.165) is 4.90 Å². The molecule has 0 N–H and O–H groups in total. The van der Waals surface area contributed by atoms with E-state index in [-0.39, 0.29) is 0 Å². The third-order valence-corrected chi connectivity index (χ3v) is 2.74. The van der Waals surface area contributed by atoms with Crippen molar-refractivity contribution in [2.24, 2.45) is 0 Å². The maximum absolute atomic E-state index is 10.3. The molecule has 10 heavy (non-hydrogen) atoms. The van der Waals surface area contributed by atoms with Gasteiger partial charge in [0.05, 0.1) is 5.97 Å². The average molecular weight is 173 g/mol. The fraction of sp³-hybridized carbons (Fsp3) is 0.167. The lowest BCUT2D eigenvalue weighted by atomic mass is 10.3. The number of carboxylic acids is 1. The van der Waals surface area contributed by atoms with Crippen molar-refractivity contribution in [3.8, 4) is 0 Å². The normalized spacial score (nSPS) is 9.70. The predicted molar refractivity (Wildman–Crippen MR) is 40.4 cm³/mol. The average Bonchev–Trinajstić information content (AvgIpc) is 2.33. The number of aromatic carboxylic acids is 1. The van der Waals surface area contributed by atoms with Crippen molar-refractivity contribution < 1.29 is 9.90 Å². The zero-order valence-corrected chi connectivity index (χ0v) is 6.92. The summed E-state index contributed by atoms with van der Waals surface area (Å²) in [5.41, 5.74) is 0.303. The Morgan fingerprint density at radius 2 is 2.40 bits per heavy atom. The molecule has 0 aliphatic heterocycles. The van der Waals surface area contributed by atoms with Crippen LogP contribution in [-0.2, 0) is 0 Å². The van der Waals surface area contributed by atoms with Gasteiger partial charge in [0.1, 0.15) is 0 Å². The van der Waals surface area contributed by atoms with Gasteiger partial charge >= 0.3 is 0 Å². The second-order valence-corrected chi connectivity index (χ2v) is 3.23. The number of hydrogen-bond donors (Lipinski definition) is 0. The number of carbonyl (C=O) groups is 1. The molecule has 0 aromatic carbocycles. The van der Waals surface area contributed by atoms with E-state index in [4.69, 9.17) is 0 Å². The lowest BCUT2D eigenvalue weighted by Gasteiger charge is -1.99. The molecule has 0 saturated heterocycles. The van der Waals surface area contributed by atoms with Crippen LogP contribution in [0, 0.1) is 0 Å². The van der Waals surface area contributed by atoms with Crippen molar-refractivity contribution in [2.75, 3.05) is 6.26 Å². The van der Waals surface area contributed by atoms with Crippen LogP contribution in [0.2, 0.25) is 0 Å². The highest BCUT2D eigenvalue weighted by atomic mass is 32.2. The Bertz CT molecular complexity index is 242. The van der Waals surface area contributed by atoms with Gasteiger partial charge < -0.3 is 9.90 Å². The molecule has 0 spiro atoms. The molecule has 1 aromatic rings. The minimum atomic E-state index is -1.09.